The predicted octanol–water partition coefficient (Wildman–Crippen LogP) is 10.3. The average molecular weight is 809 g/mol. The number of carbonyl (C=O) groups is 1. The van der Waals surface area contributed by atoms with Crippen LogP contribution < -0.4 is 15.0 Å². The van der Waals surface area contributed by atoms with E-state index in [4.69, 9.17) is 13.9 Å². The summed E-state index contributed by atoms with van der Waals surface area (Å²) >= 11 is 0. The number of aromatic nitrogens is 2. The Morgan fingerprint density at radius 1 is 0.818 bits per heavy atom. The Labute approximate surface area is 317 Å². The van der Waals surface area contributed by atoms with Crippen molar-refractivity contribution >= 4 is 27.4 Å². The Balaban J connectivity index is 2.10. The number of hydrogen-bond acceptors (Lipinski definition) is 8. The molecule has 55 heavy (non-hydrogen) atoms. The topological polar surface area (TPSA) is 85.8 Å². The van der Waals surface area contributed by atoms with E-state index in [1.165, 1.54) is 23.4 Å². The zero-order chi connectivity index (χ0) is 41.4. The Bertz CT molecular complexity index is 1680. The molecule has 1 aromatic heterocycles. The molecule has 2 aromatic carbocycles. The van der Waals surface area contributed by atoms with Crippen molar-refractivity contribution in [2.75, 3.05) is 23.4 Å². The van der Waals surface area contributed by atoms with E-state index in [1.54, 1.807) is 6.92 Å². The minimum Gasteiger partial charge on any atom is -0.490 e. The fourth-order valence-electron chi connectivity index (χ4n) is 5.27. The molecule has 0 amide bonds. The van der Waals surface area contributed by atoms with Crippen LogP contribution in [0.25, 0.3) is 0 Å². The van der Waals surface area contributed by atoms with Crippen LogP contribution in [-0.2, 0) is 45.6 Å². The summed E-state index contributed by atoms with van der Waals surface area (Å²) in [6, 6.07) is 3.58. The van der Waals surface area contributed by atoms with Crippen LogP contribution in [0.3, 0.4) is 0 Å². The van der Waals surface area contributed by atoms with Crippen molar-refractivity contribution in [2.45, 2.75) is 116 Å². The van der Waals surface area contributed by atoms with Crippen LogP contribution in [0.1, 0.15) is 95.5 Å². The minimum atomic E-state index is -5.14. The summed E-state index contributed by atoms with van der Waals surface area (Å²) in [6.07, 6.45) is -11.8. The van der Waals surface area contributed by atoms with Crippen molar-refractivity contribution in [1.82, 2.24) is 9.97 Å². The molecular formula is C37H45F9N4O4Si. The maximum atomic E-state index is 14.1. The lowest BCUT2D eigenvalue weighted by Gasteiger charge is -2.38. The van der Waals surface area contributed by atoms with E-state index in [9.17, 15) is 44.3 Å². The molecule has 0 aliphatic carbocycles. The SMILES string of the molecule is CCOC(=O)CCCOc1cnc(N(Cc2cc(C(F)(F)F)cc(C(F)(F)F)c2)Cc2cc(C(F)(F)F)ccc2N[C@@H](CC)C(C)(C)O[Si]C(C)(C)C)nc1. The third kappa shape index (κ3) is 14.2. The molecule has 0 aliphatic heterocycles. The van der Waals surface area contributed by atoms with Gasteiger partial charge in [0.1, 0.15) is 0 Å². The summed E-state index contributed by atoms with van der Waals surface area (Å²) in [5.74, 6) is -0.529. The molecule has 1 heterocycles. The maximum Gasteiger partial charge on any atom is 0.416 e. The lowest BCUT2D eigenvalue weighted by molar-refractivity contribution is -0.144. The van der Waals surface area contributed by atoms with Crippen molar-refractivity contribution in [2.24, 2.45) is 0 Å². The Morgan fingerprint density at radius 3 is 1.91 bits per heavy atom. The molecule has 0 fully saturated rings. The minimum absolute atomic E-state index is 0.00765. The number of rotatable bonds is 17. The number of nitrogens with zero attached hydrogens (tertiary/aromatic N) is 3. The van der Waals surface area contributed by atoms with Gasteiger partial charge in [-0.2, -0.15) is 39.5 Å². The first kappa shape index (κ1) is 45.3. The van der Waals surface area contributed by atoms with Gasteiger partial charge in [0.2, 0.25) is 15.7 Å². The smallest absolute Gasteiger partial charge is 0.416 e. The third-order valence-electron chi connectivity index (χ3n) is 8.01. The van der Waals surface area contributed by atoms with E-state index < -0.39 is 71.5 Å². The fourth-order valence-corrected chi connectivity index (χ4v) is 5.98. The lowest BCUT2D eigenvalue weighted by Crippen LogP contribution is -2.46. The maximum absolute atomic E-state index is 14.1. The van der Waals surface area contributed by atoms with Gasteiger partial charge in [-0.1, -0.05) is 27.7 Å². The first-order chi connectivity index (χ1) is 25.3. The highest BCUT2D eigenvalue weighted by molar-refractivity contribution is 6.31. The molecule has 1 N–H and O–H groups in total. The molecule has 18 heteroatoms. The van der Waals surface area contributed by atoms with Gasteiger partial charge < -0.3 is 24.1 Å². The van der Waals surface area contributed by atoms with Gasteiger partial charge >= 0.3 is 24.5 Å². The number of carbonyl (C=O) groups excluding carboxylic acids is 1. The number of ether oxygens (including phenoxy) is 2. The van der Waals surface area contributed by atoms with Crippen LogP contribution in [0.2, 0.25) is 5.04 Å². The van der Waals surface area contributed by atoms with Crippen LogP contribution in [0.4, 0.5) is 51.1 Å². The first-order valence-corrected chi connectivity index (χ1v) is 18.3. The second kappa shape index (κ2) is 18.3. The van der Waals surface area contributed by atoms with E-state index in [0.717, 1.165) is 12.1 Å². The summed E-state index contributed by atoms with van der Waals surface area (Å²) in [5.41, 5.74) is -5.19. The summed E-state index contributed by atoms with van der Waals surface area (Å²) in [7, 11) is 0.0799. The standard InChI is InChI=1S/C37H45F9N4O4Si/c1-8-30(34(6,7)54-55-33(3,4)5)49-29-13-12-25(35(38,39)40)17-24(29)22-50(21-23-15-26(36(41,42)43)18-27(16-23)37(44,45)46)32-47-19-28(20-48-32)53-14-10-11-31(51)52-9-2/h12-13,15-20,30,49H,8-11,14,21-22H2,1-7H3/t30-/m0/s1. The van der Waals surface area contributed by atoms with Gasteiger partial charge in [-0.3, -0.25) is 4.79 Å². The monoisotopic (exact) mass is 808 g/mol. The van der Waals surface area contributed by atoms with Gasteiger partial charge in [-0.05, 0) is 86.2 Å². The summed E-state index contributed by atoms with van der Waals surface area (Å²) in [5, 5.41) is 3.11. The number of hydrogen-bond donors (Lipinski definition) is 1. The van der Waals surface area contributed by atoms with Crippen molar-refractivity contribution in [1.29, 1.82) is 0 Å². The second-order valence-electron chi connectivity index (χ2n) is 14.3. The number of nitrogens with one attached hydrogen (secondary N) is 1. The third-order valence-corrected chi connectivity index (χ3v) is 9.25. The lowest BCUT2D eigenvalue weighted by atomic mass is 9.95. The quantitative estimate of drug-likeness (QED) is 0.0625. The normalized spacial score (nSPS) is 13.4. The van der Waals surface area contributed by atoms with Gasteiger partial charge in [0.25, 0.3) is 0 Å². The number of alkyl halides is 9. The first-order valence-electron chi connectivity index (χ1n) is 17.4. The van der Waals surface area contributed by atoms with Gasteiger partial charge in [-0.25, -0.2) is 9.97 Å². The summed E-state index contributed by atoms with van der Waals surface area (Å²) in [6.45, 7) is 12.3. The molecule has 3 aromatic rings. The van der Waals surface area contributed by atoms with Crippen LogP contribution >= 0.6 is 0 Å². The number of benzene rings is 2. The van der Waals surface area contributed by atoms with Gasteiger partial charge in [-0.15, -0.1) is 0 Å². The van der Waals surface area contributed by atoms with Crippen LogP contribution in [-0.4, -0.2) is 50.6 Å². The molecule has 0 aliphatic rings. The molecule has 0 unspecified atom stereocenters. The molecule has 3 rings (SSSR count). The van der Waals surface area contributed by atoms with Crippen molar-refractivity contribution < 1.29 is 58.2 Å². The fraction of sp³-hybridized carbons (Fsp3) is 0.541. The molecule has 1 atom stereocenters. The zero-order valence-corrected chi connectivity index (χ0v) is 32.5. The summed E-state index contributed by atoms with van der Waals surface area (Å²) < 4.78 is 142. The highest BCUT2D eigenvalue weighted by atomic mass is 28.2. The Hall–Kier alpha value is -4.06. The van der Waals surface area contributed by atoms with Crippen molar-refractivity contribution in [3.63, 3.8) is 0 Å². The number of esters is 1. The van der Waals surface area contributed by atoms with Crippen LogP contribution in [0, 0.1) is 0 Å². The van der Waals surface area contributed by atoms with Crippen molar-refractivity contribution in [3.05, 3.63) is 76.6 Å². The van der Waals surface area contributed by atoms with Crippen molar-refractivity contribution in [3.8, 4) is 5.75 Å². The molecular weight excluding hydrogens is 763 g/mol. The van der Waals surface area contributed by atoms with E-state index in [-0.39, 0.29) is 69.9 Å². The largest absolute Gasteiger partial charge is 0.490 e. The second-order valence-corrected chi connectivity index (χ2v) is 16.2. The van der Waals surface area contributed by atoms with E-state index in [0.29, 0.717) is 18.6 Å². The van der Waals surface area contributed by atoms with Gasteiger partial charge in [0, 0.05) is 25.2 Å². The molecule has 2 radical (unpaired) electrons. The van der Waals surface area contributed by atoms with Gasteiger partial charge in [0.15, 0.2) is 5.75 Å². The molecule has 0 saturated heterocycles. The molecule has 304 valence electrons. The molecule has 8 nitrogen and oxygen atoms in total. The zero-order valence-electron chi connectivity index (χ0n) is 31.5. The number of halogens is 9. The molecule has 0 spiro atoms. The average Bonchev–Trinajstić information content (AvgIpc) is 3.07. The van der Waals surface area contributed by atoms with E-state index in [1.807, 2.05) is 41.5 Å². The predicted molar refractivity (Wildman–Crippen MR) is 190 cm³/mol. The van der Waals surface area contributed by atoms with E-state index in [2.05, 4.69) is 15.3 Å². The molecule has 0 bridgehead atoms. The number of anilines is 2. The van der Waals surface area contributed by atoms with Gasteiger partial charge in [0.05, 0.1) is 53.9 Å². The Morgan fingerprint density at radius 2 is 1.40 bits per heavy atom. The highest BCUT2D eigenvalue weighted by Crippen LogP contribution is 2.38. The summed E-state index contributed by atoms with van der Waals surface area (Å²) in [4.78, 5) is 21.2. The Kier molecular flexibility index (Phi) is 15.0. The van der Waals surface area contributed by atoms with Crippen LogP contribution in [0.5, 0.6) is 5.75 Å². The molecule has 0 saturated carbocycles. The highest BCUT2D eigenvalue weighted by Gasteiger charge is 2.38. The van der Waals surface area contributed by atoms with Crippen LogP contribution in [0.15, 0.2) is 48.8 Å². The van der Waals surface area contributed by atoms with E-state index >= 15 is 0 Å².